The fourth-order valence-electron chi connectivity index (χ4n) is 1.00. The van der Waals surface area contributed by atoms with Gasteiger partial charge in [0.25, 0.3) is 0 Å². The van der Waals surface area contributed by atoms with E-state index in [1.165, 1.54) is 12.1 Å². The van der Waals surface area contributed by atoms with Gasteiger partial charge < -0.3 is 10.2 Å². The van der Waals surface area contributed by atoms with E-state index < -0.39 is 0 Å². The summed E-state index contributed by atoms with van der Waals surface area (Å²) in [5, 5.41) is 25.7. The molecule has 2 N–H and O–H groups in total. The monoisotopic (exact) mass is 213 g/mol. The van der Waals surface area contributed by atoms with E-state index in [-0.39, 0.29) is 5.75 Å². The number of nitriles is 1. The number of phenols is 2. The second-order valence-corrected chi connectivity index (χ2v) is 3.00. The highest BCUT2D eigenvalue weighted by Gasteiger charge is 1.88. The Morgan fingerprint density at radius 3 is 1.81 bits per heavy atom. The Morgan fingerprint density at radius 1 is 0.812 bits per heavy atom. The van der Waals surface area contributed by atoms with Gasteiger partial charge in [-0.3, -0.25) is 0 Å². The number of rotatable bonds is 0. The molecule has 0 heterocycles. The molecule has 0 bridgehead atoms. The third kappa shape index (κ3) is 4.16. The van der Waals surface area contributed by atoms with Crippen LogP contribution in [0.5, 0.6) is 11.5 Å². The summed E-state index contributed by atoms with van der Waals surface area (Å²) in [5.41, 5.74) is 0.481. The van der Waals surface area contributed by atoms with Crippen LogP contribution in [0.4, 0.5) is 0 Å². The summed E-state index contributed by atoms with van der Waals surface area (Å²) in [7, 11) is 0. The van der Waals surface area contributed by atoms with Crippen LogP contribution in [-0.4, -0.2) is 10.2 Å². The predicted octanol–water partition coefficient (Wildman–Crippen LogP) is 2.66. The summed E-state index contributed by atoms with van der Waals surface area (Å²) in [5.74, 6) is 0.455. The maximum absolute atomic E-state index is 8.79. The molecule has 2 aromatic rings. The van der Waals surface area contributed by atoms with E-state index in [1.54, 1.807) is 36.4 Å². The number of aromatic hydroxyl groups is 2. The van der Waals surface area contributed by atoms with Crippen molar-refractivity contribution in [3.05, 3.63) is 60.2 Å². The third-order valence-electron chi connectivity index (χ3n) is 1.73. The van der Waals surface area contributed by atoms with E-state index in [4.69, 9.17) is 15.5 Å². The maximum Gasteiger partial charge on any atom is 0.116 e. The lowest BCUT2D eigenvalue weighted by atomic mass is 10.2. The molecule has 0 saturated carbocycles. The van der Waals surface area contributed by atoms with Gasteiger partial charge in [0.15, 0.2) is 0 Å². The van der Waals surface area contributed by atoms with Crippen LogP contribution < -0.4 is 0 Å². The molecule has 2 aromatic carbocycles. The molecule has 0 radical (unpaired) electrons. The minimum atomic E-state index is 0.133. The highest BCUT2D eigenvalue weighted by molar-refractivity contribution is 5.35. The lowest BCUT2D eigenvalue weighted by Gasteiger charge is -1.87. The Balaban J connectivity index is 0.000000165. The van der Waals surface area contributed by atoms with Crippen LogP contribution in [0.25, 0.3) is 0 Å². The number of nitrogens with zero attached hydrogens (tertiary/aromatic N) is 1. The van der Waals surface area contributed by atoms with Crippen molar-refractivity contribution in [3.63, 3.8) is 0 Å². The highest BCUT2D eigenvalue weighted by atomic mass is 16.3. The van der Waals surface area contributed by atoms with E-state index in [0.717, 1.165) is 0 Å². The summed E-state index contributed by atoms with van der Waals surface area (Å²) in [4.78, 5) is 0. The molecule has 0 aromatic heterocycles. The summed E-state index contributed by atoms with van der Waals surface area (Å²) in [6.07, 6.45) is 0. The fraction of sp³-hybridized carbons (Fsp3) is 0. The molecular weight excluding hydrogens is 202 g/mol. The van der Waals surface area contributed by atoms with Crippen molar-refractivity contribution in [2.45, 2.75) is 0 Å². The highest BCUT2D eigenvalue weighted by Crippen LogP contribution is 2.08. The van der Waals surface area contributed by atoms with Crippen molar-refractivity contribution >= 4 is 0 Å². The normalized spacial score (nSPS) is 8.44. The van der Waals surface area contributed by atoms with Crippen molar-refractivity contribution in [1.29, 1.82) is 5.26 Å². The van der Waals surface area contributed by atoms with Gasteiger partial charge in [0, 0.05) is 0 Å². The van der Waals surface area contributed by atoms with E-state index in [9.17, 15) is 0 Å². The molecule has 2 rings (SSSR count). The average Bonchev–Trinajstić information content (AvgIpc) is 2.31. The summed E-state index contributed by atoms with van der Waals surface area (Å²) in [6, 6.07) is 16.8. The Morgan fingerprint density at radius 2 is 1.44 bits per heavy atom. The van der Waals surface area contributed by atoms with E-state index >= 15 is 0 Å². The van der Waals surface area contributed by atoms with Crippen molar-refractivity contribution in [2.75, 3.05) is 0 Å². The number of benzene rings is 2. The Bertz CT molecular complexity index is 475. The van der Waals surface area contributed by atoms with Crippen LogP contribution in [-0.2, 0) is 0 Å². The summed E-state index contributed by atoms with van der Waals surface area (Å²) in [6.45, 7) is 0. The molecule has 0 aliphatic carbocycles. The zero-order chi connectivity index (χ0) is 11.8. The molecule has 0 amide bonds. The molecule has 0 saturated heterocycles. The van der Waals surface area contributed by atoms with Crippen LogP contribution in [0.15, 0.2) is 54.6 Å². The molecule has 0 unspecified atom stereocenters. The van der Waals surface area contributed by atoms with Gasteiger partial charge in [0.2, 0.25) is 0 Å². The molecule has 0 fully saturated rings. The van der Waals surface area contributed by atoms with Crippen molar-refractivity contribution in [2.24, 2.45) is 0 Å². The lowest BCUT2D eigenvalue weighted by Crippen LogP contribution is -1.69. The molecule has 0 atom stereocenters. The van der Waals surface area contributed by atoms with Gasteiger partial charge >= 0.3 is 0 Å². The summed E-state index contributed by atoms with van der Waals surface area (Å²) >= 11 is 0. The molecule has 16 heavy (non-hydrogen) atoms. The standard InChI is InChI=1S/C7H5NO.C6H6O/c8-5-6-2-1-3-7(9)4-6;7-6-4-2-1-3-5-6/h1-4,9H;1-5,7H. The van der Waals surface area contributed by atoms with E-state index in [2.05, 4.69) is 0 Å². The first-order valence-electron chi connectivity index (χ1n) is 4.65. The van der Waals surface area contributed by atoms with Crippen LogP contribution in [0, 0.1) is 11.3 Å². The van der Waals surface area contributed by atoms with E-state index in [0.29, 0.717) is 11.3 Å². The third-order valence-corrected chi connectivity index (χ3v) is 1.73. The predicted molar refractivity (Wildman–Crippen MR) is 60.9 cm³/mol. The molecule has 0 aliphatic heterocycles. The zero-order valence-corrected chi connectivity index (χ0v) is 8.54. The first kappa shape index (κ1) is 11.6. The SMILES string of the molecule is N#Cc1cccc(O)c1.Oc1ccccc1. The number of hydrogen-bond donors (Lipinski definition) is 2. The van der Waals surface area contributed by atoms with Crippen LogP contribution in [0.3, 0.4) is 0 Å². The van der Waals surface area contributed by atoms with Gasteiger partial charge in [-0.05, 0) is 30.3 Å². The first-order chi connectivity index (χ1) is 7.72. The molecule has 0 spiro atoms. The van der Waals surface area contributed by atoms with Crippen molar-refractivity contribution in [1.82, 2.24) is 0 Å². The minimum Gasteiger partial charge on any atom is -0.508 e. The topological polar surface area (TPSA) is 64.2 Å². The first-order valence-corrected chi connectivity index (χ1v) is 4.65. The minimum absolute atomic E-state index is 0.133. The molecule has 3 nitrogen and oxygen atoms in total. The van der Waals surface area contributed by atoms with Crippen LogP contribution in [0.1, 0.15) is 5.56 Å². The molecular formula is C13H11NO2. The average molecular weight is 213 g/mol. The Labute approximate surface area is 93.8 Å². The van der Waals surface area contributed by atoms with Gasteiger partial charge in [-0.2, -0.15) is 5.26 Å². The van der Waals surface area contributed by atoms with Gasteiger partial charge in [-0.1, -0.05) is 24.3 Å². The van der Waals surface area contributed by atoms with Crippen LogP contribution >= 0.6 is 0 Å². The van der Waals surface area contributed by atoms with Gasteiger partial charge in [-0.15, -0.1) is 0 Å². The van der Waals surface area contributed by atoms with E-state index in [1.807, 2.05) is 12.1 Å². The van der Waals surface area contributed by atoms with Crippen molar-refractivity contribution < 1.29 is 10.2 Å². The second kappa shape index (κ2) is 6.10. The number of hydrogen-bond acceptors (Lipinski definition) is 3. The zero-order valence-electron chi connectivity index (χ0n) is 8.54. The number of phenolic OH excluding ortho intramolecular Hbond substituents is 2. The molecule has 0 aliphatic rings. The van der Waals surface area contributed by atoms with Gasteiger partial charge in [0.05, 0.1) is 11.6 Å². The van der Waals surface area contributed by atoms with Gasteiger partial charge in [0.1, 0.15) is 11.5 Å². The van der Waals surface area contributed by atoms with Crippen molar-refractivity contribution in [3.8, 4) is 17.6 Å². The number of para-hydroxylation sites is 1. The smallest absolute Gasteiger partial charge is 0.116 e. The largest absolute Gasteiger partial charge is 0.508 e. The quantitative estimate of drug-likeness (QED) is 0.707. The molecule has 80 valence electrons. The fourth-order valence-corrected chi connectivity index (χ4v) is 1.00. The lowest BCUT2D eigenvalue weighted by molar-refractivity contribution is 0.474. The maximum atomic E-state index is 8.79. The van der Waals surface area contributed by atoms with Gasteiger partial charge in [-0.25, -0.2) is 0 Å². The second-order valence-electron chi connectivity index (χ2n) is 3.00. The van der Waals surface area contributed by atoms with Crippen LogP contribution in [0.2, 0.25) is 0 Å². The Kier molecular flexibility index (Phi) is 4.42. The molecule has 3 heteroatoms. The summed E-state index contributed by atoms with van der Waals surface area (Å²) < 4.78 is 0. The Hall–Kier alpha value is -2.47.